The topological polar surface area (TPSA) is 27.1 Å². The van der Waals surface area contributed by atoms with Crippen LogP contribution >= 0.6 is 23.2 Å². The molecule has 0 fully saturated rings. The summed E-state index contributed by atoms with van der Waals surface area (Å²) in [6, 6.07) is 8.85. The minimum Gasteiger partial charge on any atom is -0.457 e. The number of hydrogen-bond acceptors (Lipinski definition) is 2. The molecule has 3 nitrogen and oxygen atoms in total. The molecule has 7 heteroatoms. The highest BCUT2D eigenvalue weighted by Gasteiger charge is 2.24. The SMILES string of the molecule is C=C=COc1cc(F)c(-c2c(Cl)nc(C)n2-c2ccc(Cl)cc2)c(F)c1. The van der Waals surface area contributed by atoms with Crippen LogP contribution in [-0.2, 0) is 0 Å². The molecular formula is C19H12Cl2F2N2O. The van der Waals surface area contributed by atoms with Gasteiger partial charge >= 0.3 is 0 Å². The standard InChI is InChI=1S/C19H12Cl2F2N2O/c1-3-8-26-14-9-15(22)17(16(23)10-14)18-19(21)24-11(2)25(18)13-6-4-12(20)5-7-13/h4-10H,1H2,2H3. The predicted octanol–water partition coefficient (Wildman–Crippen LogP) is 6.11. The van der Waals surface area contributed by atoms with Crippen LogP contribution in [0, 0.1) is 18.6 Å². The van der Waals surface area contributed by atoms with Gasteiger partial charge < -0.3 is 4.74 Å². The van der Waals surface area contributed by atoms with E-state index in [4.69, 9.17) is 27.9 Å². The summed E-state index contributed by atoms with van der Waals surface area (Å²) in [5.74, 6) is -1.23. The van der Waals surface area contributed by atoms with Crippen LogP contribution in [0.1, 0.15) is 5.82 Å². The van der Waals surface area contributed by atoms with Crippen LogP contribution in [-0.4, -0.2) is 9.55 Å². The van der Waals surface area contributed by atoms with Crippen molar-refractivity contribution in [3.63, 3.8) is 0 Å². The molecule has 0 aliphatic carbocycles. The lowest BCUT2D eigenvalue weighted by molar-refractivity contribution is 0.469. The number of ether oxygens (including phenoxy) is 1. The zero-order chi connectivity index (χ0) is 18.8. The van der Waals surface area contributed by atoms with E-state index in [9.17, 15) is 8.78 Å². The van der Waals surface area contributed by atoms with Crippen LogP contribution < -0.4 is 4.74 Å². The number of aromatic nitrogens is 2. The first kappa shape index (κ1) is 18.2. The summed E-state index contributed by atoms with van der Waals surface area (Å²) >= 11 is 12.1. The third-order valence-corrected chi connectivity index (χ3v) is 4.13. The molecular weight excluding hydrogens is 381 g/mol. The average molecular weight is 393 g/mol. The first-order valence-electron chi connectivity index (χ1n) is 7.43. The largest absolute Gasteiger partial charge is 0.457 e. The molecule has 26 heavy (non-hydrogen) atoms. The third-order valence-electron chi connectivity index (χ3n) is 3.62. The van der Waals surface area contributed by atoms with E-state index in [2.05, 4.69) is 17.3 Å². The van der Waals surface area contributed by atoms with Gasteiger partial charge in [-0.1, -0.05) is 35.5 Å². The molecule has 1 heterocycles. The van der Waals surface area contributed by atoms with Crippen molar-refractivity contribution in [1.29, 1.82) is 0 Å². The summed E-state index contributed by atoms with van der Waals surface area (Å²) in [5.41, 5.74) is 2.78. The second-order valence-electron chi connectivity index (χ2n) is 5.31. The van der Waals surface area contributed by atoms with Crippen LogP contribution in [0.15, 0.2) is 55.0 Å². The van der Waals surface area contributed by atoms with E-state index >= 15 is 0 Å². The van der Waals surface area contributed by atoms with Crippen LogP contribution in [0.3, 0.4) is 0 Å². The molecule has 0 radical (unpaired) electrons. The van der Waals surface area contributed by atoms with Gasteiger partial charge in [-0.2, -0.15) is 0 Å². The number of halogens is 4. The number of aryl methyl sites for hydroxylation is 1. The molecule has 0 saturated heterocycles. The van der Waals surface area contributed by atoms with Crippen molar-refractivity contribution in [1.82, 2.24) is 9.55 Å². The second-order valence-corrected chi connectivity index (χ2v) is 6.11. The Morgan fingerprint density at radius 2 is 1.77 bits per heavy atom. The lowest BCUT2D eigenvalue weighted by Crippen LogP contribution is -2.02. The minimum atomic E-state index is -0.838. The van der Waals surface area contributed by atoms with E-state index in [-0.39, 0.29) is 22.2 Å². The number of imidazole rings is 1. The van der Waals surface area contributed by atoms with Crippen molar-refractivity contribution in [2.24, 2.45) is 0 Å². The molecule has 0 N–H and O–H groups in total. The van der Waals surface area contributed by atoms with Gasteiger partial charge in [0, 0.05) is 22.8 Å². The molecule has 1 aromatic heterocycles. The molecule has 0 aliphatic heterocycles. The molecule has 132 valence electrons. The summed E-state index contributed by atoms with van der Waals surface area (Å²) in [6.45, 7) is 5.01. The smallest absolute Gasteiger partial charge is 0.155 e. The number of hydrogen-bond donors (Lipinski definition) is 0. The first-order chi connectivity index (χ1) is 12.4. The lowest BCUT2D eigenvalue weighted by Gasteiger charge is -2.13. The third kappa shape index (κ3) is 3.37. The van der Waals surface area contributed by atoms with E-state index in [1.54, 1.807) is 35.8 Å². The van der Waals surface area contributed by atoms with Gasteiger partial charge in [0.25, 0.3) is 0 Å². The monoisotopic (exact) mass is 392 g/mol. The maximum atomic E-state index is 14.7. The Hall–Kier alpha value is -2.59. The van der Waals surface area contributed by atoms with E-state index in [0.29, 0.717) is 16.5 Å². The van der Waals surface area contributed by atoms with Gasteiger partial charge in [-0.25, -0.2) is 13.8 Å². The Kier molecular flexibility index (Phi) is 5.14. The van der Waals surface area contributed by atoms with Gasteiger partial charge in [0.05, 0.1) is 11.3 Å². The summed E-state index contributed by atoms with van der Waals surface area (Å²) in [6.07, 6.45) is 1.10. The molecule has 0 atom stereocenters. The second kappa shape index (κ2) is 7.34. The van der Waals surface area contributed by atoms with Crippen molar-refractivity contribution < 1.29 is 13.5 Å². The first-order valence-corrected chi connectivity index (χ1v) is 8.19. The molecule has 0 saturated carbocycles. The van der Waals surface area contributed by atoms with Crippen molar-refractivity contribution in [3.8, 4) is 22.7 Å². The van der Waals surface area contributed by atoms with E-state index < -0.39 is 11.6 Å². The van der Waals surface area contributed by atoms with Gasteiger partial charge in [-0.3, -0.25) is 4.57 Å². The Bertz CT molecular complexity index is 1000. The van der Waals surface area contributed by atoms with Crippen molar-refractivity contribution in [2.45, 2.75) is 6.92 Å². The Balaban J connectivity index is 2.22. The van der Waals surface area contributed by atoms with Crippen LogP contribution in [0.4, 0.5) is 8.78 Å². The van der Waals surface area contributed by atoms with Gasteiger partial charge in [-0.05, 0) is 31.2 Å². The molecule has 0 amide bonds. The molecule has 0 unspecified atom stereocenters. The predicted molar refractivity (Wildman–Crippen MR) is 98.0 cm³/mol. The molecule has 3 rings (SSSR count). The molecule has 0 spiro atoms. The summed E-state index contributed by atoms with van der Waals surface area (Å²) < 4.78 is 35.9. The quantitative estimate of drug-likeness (QED) is 0.395. The summed E-state index contributed by atoms with van der Waals surface area (Å²) in [5, 5.41) is 0.517. The molecule has 2 aromatic carbocycles. The minimum absolute atomic E-state index is 0.0186. The Labute approximate surface area is 158 Å². The van der Waals surface area contributed by atoms with E-state index in [1.165, 1.54) is 0 Å². The lowest BCUT2D eigenvalue weighted by atomic mass is 10.1. The van der Waals surface area contributed by atoms with Gasteiger partial charge in [0.2, 0.25) is 0 Å². The zero-order valence-corrected chi connectivity index (χ0v) is 15.1. The van der Waals surface area contributed by atoms with Gasteiger partial charge in [-0.15, -0.1) is 0 Å². The normalized spacial score (nSPS) is 10.5. The van der Waals surface area contributed by atoms with E-state index in [1.807, 2.05) is 0 Å². The fraction of sp³-hybridized carbons (Fsp3) is 0.0526. The average Bonchev–Trinajstić information content (AvgIpc) is 2.87. The van der Waals surface area contributed by atoms with Crippen LogP contribution in [0.25, 0.3) is 16.9 Å². The molecule has 3 aromatic rings. The van der Waals surface area contributed by atoms with Crippen LogP contribution in [0.2, 0.25) is 10.2 Å². The van der Waals surface area contributed by atoms with Crippen molar-refractivity contribution in [3.05, 3.63) is 82.6 Å². The van der Waals surface area contributed by atoms with Crippen molar-refractivity contribution >= 4 is 23.2 Å². The summed E-state index contributed by atoms with van der Waals surface area (Å²) in [7, 11) is 0. The van der Waals surface area contributed by atoms with E-state index in [0.717, 1.165) is 18.4 Å². The van der Waals surface area contributed by atoms with Gasteiger partial charge in [0.1, 0.15) is 29.5 Å². The maximum Gasteiger partial charge on any atom is 0.155 e. The summed E-state index contributed by atoms with van der Waals surface area (Å²) in [4.78, 5) is 4.15. The number of benzene rings is 2. The number of rotatable bonds is 4. The maximum absolute atomic E-state index is 14.7. The fourth-order valence-electron chi connectivity index (χ4n) is 2.57. The Morgan fingerprint density at radius 3 is 2.35 bits per heavy atom. The van der Waals surface area contributed by atoms with Crippen molar-refractivity contribution in [2.75, 3.05) is 0 Å². The highest BCUT2D eigenvalue weighted by molar-refractivity contribution is 6.32. The Morgan fingerprint density at radius 1 is 1.15 bits per heavy atom. The zero-order valence-electron chi connectivity index (χ0n) is 13.6. The number of nitrogens with zero attached hydrogens (tertiary/aromatic N) is 2. The highest BCUT2D eigenvalue weighted by atomic mass is 35.5. The molecule has 0 bridgehead atoms. The molecule has 0 aliphatic rings. The fourth-order valence-corrected chi connectivity index (χ4v) is 3.00. The van der Waals surface area contributed by atoms with Crippen LogP contribution in [0.5, 0.6) is 5.75 Å². The highest BCUT2D eigenvalue weighted by Crippen LogP contribution is 2.37. The van der Waals surface area contributed by atoms with Gasteiger partial charge in [0.15, 0.2) is 5.15 Å².